The van der Waals surface area contributed by atoms with E-state index in [4.69, 9.17) is 4.74 Å². The summed E-state index contributed by atoms with van der Waals surface area (Å²) in [5, 5.41) is 0. The zero-order valence-electron chi connectivity index (χ0n) is 8.06. The van der Waals surface area contributed by atoms with E-state index in [1.165, 1.54) is 13.4 Å². The van der Waals surface area contributed by atoms with E-state index < -0.39 is 5.41 Å². The molecule has 0 bridgehead atoms. The zero-order valence-corrected chi connectivity index (χ0v) is 8.06. The molecule has 0 spiro atoms. The van der Waals surface area contributed by atoms with Gasteiger partial charge in [0.1, 0.15) is 6.33 Å². The van der Waals surface area contributed by atoms with Crippen LogP contribution in [0.5, 0.6) is 0 Å². The maximum Gasteiger partial charge on any atom is 0.316 e. The Morgan fingerprint density at radius 2 is 2.07 bits per heavy atom. The van der Waals surface area contributed by atoms with Crippen molar-refractivity contribution < 1.29 is 9.53 Å². The summed E-state index contributed by atoms with van der Waals surface area (Å²) in [4.78, 5) is 19.5. The maximum absolute atomic E-state index is 11.6. The van der Waals surface area contributed by atoms with E-state index in [1.54, 1.807) is 12.4 Å². The van der Waals surface area contributed by atoms with Gasteiger partial charge in [0.15, 0.2) is 0 Å². The van der Waals surface area contributed by atoms with Crippen LogP contribution in [0.25, 0.3) is 0 Å². The molecule has 0 amide bonds. The summed E-state index contributed by atoms with van der Waals surface area (Å²) in [5.74, 6) is -0.168. The fourth-order valence-corrected chi connectivity index (χ4v) is 1.88. The molecule has 2 rings (SSSR count). The number of ether oxygens (including phenoxy) is 1. The van der Waals surface area contributed by atoms with Crippen LogP contribution >= 0.6 is 0 Å². The standard InChI is InChI=1S/C10H12N2O2/c1-14-9(13)10(3-2-4-10)8-5-11-7-12-6-8/h5-7H,2-4H2,1H3. The number of carbonyl (C=O) groups excluding carboxylic acids is 1. The average Bonchev–Trinajstić information content (AvgIpc) is 2.17. The molecule has 74 valence electrons. The van der Waals surface area contributed by atoms with E-state index in [0.717, 1.165) is 24.8 Å². The van der Waals surface area contributed by atoms with Gasteiger partial charge in [-0.25, -0.2) is 9.97 Å². The molecule has 1 aliphatic carbocycles. The Morgan fingerprint density at radius 1 is 1.43 bits per heavy atom. The third-order valence-electron chi connectivity index (χ3n) is 2.90. The summed E-state index contributed by atoms with van der Waals surface area (Å²) in [6.45, 7) is 0. The molecule has 1 aromatic heterocycles. The Balaban J connectivity index is 2.34. The van der Waals surface area contributed by atoms with Crippen molar-refractivity contribution in [1.29, 1.82) is 0 Å². The molecule has 1 saturated carbocycles. The van der Waals surface area contributed by atoms with Crippen LogP contribution in [0.3, 0.4) is 0 Å². The molecule has 0 atom stereocenters. The van der Waals surface area contributed by atoms with Gasteiger partial charge in [0.2, 0.25) is 0 Å². The van der Waals surface area contributed by atoms with Gasteiger partial charge < -0.3 is 4.74 Å². The molecular weight excluding hydrogens is 180 g/mol. The fraction of sp³-hybridized carbons (Fsp3) is 0.500. The second-order valence-electron chi connectivity index (χ2n) is 3.55. The quantitative estimate of drug-likeness (QED) is 0.658. The van der Waals surface area contributed by atoms with Gasteiger partial charge in [0, 0.05) is 18.0 Å². The maximum atomic E-state index is 11.6. The molecule has 1 heterocycles. The number of hydrogen-bond acceptors (Lipinski definition) is 4. The van der Waals surface area contributed by atoms with Gasteiger partial charge >= 0.3 is 5.97 Å². The first-order chi connectivity index (χ1) is 6.79. The van der Waals surface area contributed by atoms with Gasteiger partial charge in [-0.15, -0.1) is 0 Å². The molecule has 0 saturated heterocycles. The van der Waals surface area contributed by atoms with E-state index in [-0.39, 0.29) is 5.97 Å². The summed E-state index contributed by atoms with van der Waals surface area (Å²) in [5.41, 5.74) is 0.411. The average molecular weight is 192 g/mol. The second-order valence-corrected chi connectivity index (χ2v) is 3.55. The van der Waals surface area contributed by atoms with Crippen LogP contribution in [0.1, 0.15) is 24.8 Å². The van der Waals surface area contributed by atoms with E-state index in [2.05, 4.69) is 9.97 Å². The van der Waals surface area contributed by atoms with Crippen LogP contribution in [-0.4, -0.2) is 23.0 Å². The lowest BCUT2D eigenvalue weighted by molar-refractivity contribution is -0.151. The summed E-state index contributed by atoms with van der Waals surface area (Å²) in [7, 11) is 1.42. The molecule has 0 unspecified atom stereocenters. The van der Waals surface area contributed by atoms with Crippen molar-refractivity contribution in [2.75, 3.05) is 7.11 Å². The van der Waals surface area contributed by atoms with Gasteiger partial charge in [-0.3, -0.25) is 4.79 Å². The smallest absolute Gasteiger partial charge is 0.316 e. The molecule has 0 aliphatic heterocycles. The summed E-state index contributed by atoms with van der Waals surface area (Å²) >= 11 is 0. The van der Waals surface area contributed by atoms with E-state index in [9.17, 15) is 4.79 Å². The predicted octanol–water partition coefficient (Wildman–Crippen LogP) is 1.07. The lowest BCUT2D eigenvalue weighted by Gasteiger charge is -2.38. The van der Waals surface area contributed by atoms with E-state index >= 15 is 0 Å². The van der Waals surface area contributed by atoms with Crippen molar-refractivity contribution >= 4 is 5.97 Å². The minimum atomic E-state index is -0.462. The topological polar surface area (TPSA) is 52.1 Å². The largest absolute Gasteiger partial charge is 0.468 e. The number of methoxy groups -OCH3 is 1. The first kappa shape index (κ1) is 9.12. The summed E-state index contributed by atoms with van der Waals surface area (Å²) in [6, 6.07) is 0. The number of hydrogen-bond donors (Lipinski definition) is 0. The zero-order chi connectivity index (χ0) is 10.0. The van der Waals surface area contributed by atoms with Gasteiger partial charge in [-0.2, -0.15) is 0 Å². The molecule has 1 aromatic rings. The lowest BCUT2D eigenvalue weighted by atomic mass is 9.65. The number of nitrogens with zero attached hydrogens (tertiary/aromatic N) is 2. The molecule has 0 radical (unpaired) electrons. The number of aromatic nitrogens is 2. The summed E-state index contributed by atoms with van der Waals surface area (Å²) in [6.07, 6.45) is 7.60. The molecule has 4 nitrogen and oxygen atoms in total. The number of carbonyl (C=O) groups is 1. The Morgan fingerprint density at radius 3 is 2.50 bits per heavy atom. The highest BCUT2D eigenvalue weighted by atomic mass is 16.5. The predicted molar refractivity (Wildman–Crippen MR) is 49.6 cm³/mol. The molecule has 14 heavy (non-hydrogen) atoms. The highest BCUT2D eigenvalue weighted by molar-refractivity contribution is 5.84. The molecular formula is C10H12N2O2. The normalized spacial score (nSPS) is 18.4. The number of rotatable bonds is 2. The van der Waals surface area contributed by atoms with E-state index in [1.807, 2.05) is 0 Å². The van der Waals surface area contributed by atoms with E-state index in [0.29, 0.717) is 0 Å². The lowest BCUT2D eigenvalue weighted by Crippen LogP contribution is -2.43. The van der Waals surface area contributed by atoms with Crippen molar-refractivity contribution in [3.63, 3.8) is 0 Å². The Kier molecular flexibility index (Phi) is 2.19. The highest BCUT2D eigenvalue weighted by Gasteiger charge is 2.47. The van der Waals surface area contributed by atoms with Crippen LogP contribution in [0.4, 0.5) is 0 Å². The van der Waals surface area contributed by atoms with Crippen molar-refractivity contribution in [1.82, 2.24) is 9.97 Å². The minimum Gasteiger partial charge on any atom is -0.468 e. The molecule has 1 fully saturated rings. The van der Waals surface area contributed by atoms with Crippen molar-refractivity contribution in [2.45, 2.75) is 24.7 Å². The molecule has 1 aliphatic rings. The monoisotopic (exact) mass is 192 g/mol. The Bertz CT molecular complexity index is 333. The Labute approximate surface area is 82.3 Å². The molecule has 0 N–H and O–H groups in total. The molecule has 4 heteroatoms. The van der Waals surface area contributed by atoms with Gasteiger partial charge in [-0.1, -0.05) is 6.42 Å². The minimum absolute atomic E-state index is 0.168. The second kappa shape index (κ2) is 3.36. The van der Waals surface area contributed by atoms with Gasteiger partial charge in [-0.05, 0) is 12.8 Å². The first-order valence-corrected chi connectivity index (χ1v) is 4.63. The van der Waals surface area contributed by atoms with Gasteiger partial charge in [0.25, 0.3) is 0 Å². The summed E-state index contributed by atoms with van der Waals surface area (Å²) < 4.78 is 4.82. The van der Waals surface area contributed by atoms with Crippen LogP contribution in [0.2, 0.25) is 0 Å². The van der Waals surface area contributed by atoms with Crippen molar-refractivity contribution in [3.05, 3.63) is 24.3 Å². The van der Waals surface area contributed by atoms with Crippen LogP contribution in [0, 0.1) is 0 Å². The Hall–Kier alpha value is -1.45. The third-order valence-corrected chi connectivity index (χ3v) is 2.90. The van der Waals surface area contributed by atoms with Crippen LogP contribution < -0.4 is 0 Å². The van der Waals surface area contributed by atoms with Gasteiger partial charge in [0.05, 0.1) is 12.5 Å². The highest BCUT2D eigenvalue weighted by Crippen LogP contribution is 2.44. The third kappa shape index (κ3) is 1.18. The van der Waals surface area contributed by atoms with Crippen LogP contribution in [-0.2, 0) is 14.9 Å². The SMILES string of the molecule is COC(=O)C1(c2cncnc2)CCC1. The van der Waals surface area contributed by atoms with Crippen LogP contribution in [0.15, 0.2) is 18.7 Å². The van der Waals surface area contributed by atoms with Crippen molar-refractivity contribution in [3.8, 4) is 0 Å². The fourth-order valence-electron chi connectivity index (χ4n) is 1.88. The van der Waals surface area contributed by atoms with Crippen molar-refractivity contribution in [2.24, 2.45) is 0 Å². The number of esters is 1. The first-order valence-electron chi connectivity index (χ1n) is 4.63. The molecule has 0 aromatic carbocycles.